The molecule has 0 amide bonds. The highest BCUT2D eigenvalue weighted by atomic mass is 16.5. The van der Waals surface area contributed by atoms with E-state index in [-0.39, 0.29) is 5.60 Å². The van der Waals surface area contributed by atoms with Crippen molar-refractivity contribution in [3.8, 4) is 0 Å². The fraction of sp³-hybridized carbons (Fsp3) is 0.943. The van der Waals surface area contributed by atoms with Gasteiger partial charge in [-0.1, -0.05) is 148 Å². The molecule has 0 aromatic heterocycles. The highest BCUT2D eigenvalue weighted by molar-refractivity contribution is 5.07. The molecule has 1 heterocycles. The van der Waals surface area contributed by atoms with Crippen LogP contribution in [0.25, 0.3) is 0 Å². The second-order valence-electron chi connectivity index (χ2n) is 13.5. The van der Waals surface area contributed by atoms with Crippen molar-refractivity contribution in [3.63, 3.8) is 0 Å². The van der Waals surface area contributed by atoms with Crippen LogP contribution in [0.3, 0.4) is 0 Å². The van der Waals surface area contributed by atoms with Gasteiger partial charge in [-0.3, -0.25) is 0 Å². The van der Waals surface area contributed by atoms with Gasteiger partial charge in [0.05, 0.1) is 6.26 Å². The number of allylic oxidation sites excluding steroid dienone is 1. The van der Waals surface area contributed by atoms with E-state index in [1.54, 1.807) is 0 Å². The summed E-state index contributed by atoms with van der Waals surface area (Å²) in [6.07, 6.45) is 45.4. The maximum atomic E-state index is 7.29. The zero-order chi connectivity index (χ0) is 24.7. The summed E-state index contributed by atoms with van der Waals surface area (Å²) in [6, 6.07) is 0. The average molecular weight is 499 g/mol. The van der Waals surface area contributed by atoms with Crippen LogP contribution in [0.1, 0.15) is 180 Å². The van der Waals surface area contributed by atoms with Gasteiger partial charge >= 0.3 is 0 Å². The molecule has 1 unspecified atom stereocenters. The SMILES string of the molecule is C1=COC(C2CCCCCCCCC2)(C2CCCCCCCCC2)C(C2CCCCCCCCC2)C1. The van der Waals surface area contributed by atoms with Gasteiger partial charge in [-0.2, -0.15) is 0 Å². The van der Waals surface area contributed by atoms with Gasteiger partial charge in [-0.15, -0.1) is 0 Å². The van der Waals surface area contributed by atoms with Crippen LogP contribution in [0.4, 0.5) is 0 Å². The zero-order valence-corrected chi connectivity index (χ0v) is 24.2. The molecule has 3 saturated carbocycles. The molecule has 3 fully saturated rings. The third kappa shape index (κ3) is 8.27. The van der Waals surface area contributed by atoms with E-state index >= 15 is 0 Å². The van der Waals surface area contributed by atoms with E-state index in [2.05, 4.69) is 12.3 Å². The highest BCUT2D eigenvalue weighted by Gasteiger charge is 2.54. The van der Waals surface area contributed by atoms with E-state index in [0.29, 0.717) is 0 Å². The second kappa shape index (κ2) is 16.5. The van der Waals surface area contributed by atoms with Gasteiger partial charge in [0.25, 0.3) is 0 Å². The Hall–Kier alpha value is -0.460. The van der Waals surface area contributed by atoms with Crippen LogP contribution in [0, 0.1) is 23.7 Å². The van der Waals surface area contributed by atoms with Crippen molar-refractivity contribution in [2.75, 3.05) is 0 Å². The maximum absolute atomic E-state index is 7.29. The lowest BCUT2D eigenvalue weighted by Crippen LogP contribution is -2.56. The van der Waals surface area contributed by atoms with Gasteiger partial charge < -0.3 is 4.74 Å². The van der Waals surface area contributed by atoms with E-state index in [0.717, 1.165) is 23.7 Å². The van der Waals surface area contributed by atoms with Crippen LogP contribution in [0.5, 0.6) is 0 Å². The molecule has 4 rings (SSSR count). The standard InChI is InChI=1S/C35H62O/c1-4-10-16-23-31(24-17-11-5-1)34-29-22-30-36-35(34,32-25-18-12-6-2-7-13-19-26-32)33-27-20-14-8-3-9-15-21-28-33/h22,30-34H,1-21,23-29H2. The van der Waals surface area contributed by atoms with Crippen molar-refractivity contribution in [1.82, 2.24) is 0 Å². The van der Waals surface area contributed by atoms with E-state index in [9.17, 15) is 0 Å². The lowest BCUT2D eigenvalue weighted by molar-refractivity contribution is -0.158. The summed E-state index contributed by atoms with van der Waals surface area (Å²) < 4.78 is 7.29. The predicted molar refractivity (Wildman–Crippen MR) is 156 cm³/mol. The van der Waals surface area contributed by atoms with Crippen LogP contribution in [0.15, 0.2) is 12.3 Å². The minimum atomic E-state index is 0.127. The maximum Gasteiger partial charge on any atom is 0.117 e. The molecule has 1 atom stereocenters. The molecular formula is C35H62O. The summed E-state index contributed by atoms with van der Waals surface area (Å²) in [5.74, 6) is 3.23. The number of rotatable bonds is 3. The van der Waals surface area contributed by atoms with E-state index in [1.165, 1.54) is 180 Å². The molecule has 1 aliphatic heterocycles. The number of ether oxygens (including phenoxy) is 1. The fourth-order valence-electron chi connectivity index (χ4n) is 9.10. The third-order valence-electron chi connectivity index (χ3n) is 11.0. The predicted octanol–water partition coefficient (Wildman–Crippen LogP) is 11.7. The van der Waals surface area contributed by atoms with Crippen molar-refractivity contribution in [2.45, 2.75) is 185 Å². The van der Waals surface area contributed by atoms with Gasteiger partial charge in [0, 0.05) is 5.92 Å². The molecule has 4 aliphatic rings. The van der Waals surface area contributed by atoms with Crippen molar-refractivity contribution >= 4 is 0 Å². The highest BCUT2D eigenvalue weighted by Crippen LogP contribution is 2.54. The van der Waals surface area contributed by atoms with Crippen LogP contribution in [-0.4, -0.2) is 5.60 Å². The van der Waals surface area contributed by atoms with Crippen molar-refractivity contribution in [2.24, 2.45) is 23.7 Å². The molecule has 1 nitrogen and oxygen atoms in total. The summed E-state index contributed by atoms with van der Waals surface area (Å²) in [5.41, 5.74) is 0.127. The Morgan fingerprint density at radius 3 is 1.14 bits per heavy atom. The van der Waals surface area contributed by atoms with E-state index in [1.807, 2.05) is 0 Å². The number of hydrogen-bond acceptors (Lipinski definition) is 1. The zero-order valence-electron chi connectivity index (χ0n) is 24.2. The molecule has 0 bridgehead atoms. The first-order valence-electron chi connectivity index (χ1n) is 17.2. The first-order valence-corrected chi connectivity index (χ1v) is 17.2. The van der Waals surface area contributed by atoms with E-state index < -0.39 is 0 Å². The fourth-order valence-corrected chi connectivity index (χ4v) is 9.10. The van der Waals surface area contributed by atoms with Crippen molar-refractivity contribution in [3.05, 3.63) is 12.3 Å². The largest absolute Gasteiger partial charge is 0.494 e. The smallest absolute Gasteiger partial charge is 0.117 e. The molecule has 0 saturated heterocycles. The molecule has 3 aliphatic carbocycles. The topological polar surface area (TPSA) is 9.23 Å². The van der Waals surface area contributed by atoms with Crippen molar-refractivity contribution in [1.29, 1.82) is 0 Å². The Labute approximate surface area is 226 Å². The first kappa shape index (κ1) is 28.5. The number of hydrogen-bond donors (Lipinski definition) is 0. The van der Waals surface area contributed by atoms with Crippen LogP contribution in [-0.2, 0) is 4.74 Å². The molecule has 0 spiro atoms. The summed E-state index contributed by atoms with van der Waals surface area (Å²) in [5, 5.41) is 0. The molecule has 0 radical (unpaired) electrons. The van der Waals surface area contributed by atoms with Gasteiger partial charge in [0.1, 0.15) is 5.60 Å². The molecule has 208 valence electrons. The Morgan fingerprint density at radius 1 is 0.417 bits per heavy atom. The van der Waals surface area contributed by atoms with Crippen LogP contribution in [0.2, 0.25) is 0 Å². The third-order valence-corrected chi connectivity index (χ3v) is 11.0. The summed E-state index contributed by atoms with van der Waals surface area (Å²) in [7, 11) is 0. The Morgan fingerprint density at radius 2 is 0.750 bits per heavy atom. The minimum absolute atomic E-state index is 0.127. The van der Waals surface area contributed by atoms with E-state index in [4.69, 9.17) is 4.74 Å². The Bertz CT molecular complexity index is 537. The lowest BCUT2D eigenvalue weighted by Gasteiger charge is -2.55. The normalized spacial score (nSPS) is 30.2. The lowest BCUT2D eigenvalue weighted by atomic mass is 9.57. The Kier molecular flexibility index (Phi) is 13.1. The summed E-state index contributed by atoms with van der Waals surface area (Å²) in [4.78, 5) is 0. The Balaban J connectivity index is 1.65. The molecule has 0 aromatic carbocycles. The quantitative estimate of drug-likeness (QED) is 0.376. The molecular weight excluding hydrogens is 436 g/mol. The van der Waals surface area contributed by atoms with Crippen molar-refractivity contribution < 1.29 is 4.74 Å². The summed E-state index contributed by atoms with van der Waals surface area (Å²) >= 11 is 0. The molecule has 36 heavy (non-hydrogen) atoms. The second-order valence-corrected chi connectivity index (χ2v) is 13.5. The van der Waals surface area contributed by atoms with Gasteiger partial charge in [0.15, 0.2) is 0 Å². The van der Waals surface area contributed by atoms with Gasteiger partial charge in [-0.05, 0) is 55.9 Å². The minimum Gasteiger partial charge on any atom is -0.494 e. The van der Waals surface area contributed by atoms with Crippen LogP contribution >= 0.6 is 0 Å². The monoisotopic (exact) mass is 498 g/mol. The summed E-state index contributed by atoms with van der Waals surface area (Å²) in [6.45, 7) is 0. The van der Waals surface area contributed by atoms with Gasteiger partial charge in [-0.25, -0.2) is 0 Å². The molecule has 1 heteroatoms. The molecule has 0 aromatic rings. The first-order chi connectivity index (χ1) is 17.9. The van der Waals surface area contributed by atoms with Gasteiger partial charge in [0.2, 0.25) is 0 Å². The average Bonchev–Trinajstić information content (AvgIpc) is 2.93. The molecule has 0 N–H and O–H groups in total. The van der Waals surface area contributed by atoms with Crippen LogP contribution < -0.4 is 0 Å².